The molecule has 0 amide bonds. The quantitative estimate of drug-likeness (QED) is 0.747. The van der Waals surface area contributed by atoms with Crippen molar-refractivity contribution in [2.75, 3.05) is 6.26 Å². The van der Waals surface area contributed by atoms with E-state index in [4.69, 9.17) is 0 Å². The maximum absolute atomic E-state index is 11.7. The molecule has 0 radical (unpaired) electrons. The second-order valence-corrected chi connectivity index (χ2v) is 5.40. The first kappa shape index (κ1) is 11.5. The van der Waals surface area contributed by atoms with E-state index < -0.39 is 0 Å². The van der Waals surface area contributed by atoms with E-state index in [1.54, 1.807) is 11.8 Å². The molecule has 2 heteroatoms. The maximum atomic E-state index is 11.7. The van der Waals surface area contributed by atoms with Crippen LogP contribution in [0.25, 0.3) is 11.1 Å². The molecule has 0 N–H and O–H groups in total. The first-order valence-corrected chi connectivity index (χ1v) is 7.31. The standard InChI is InChI=1S/C16H14OS/c1-18-14-7-4-11(5-8-14)13-3-2-12-6-9-16(17)15(12)10-13/h2-5,7-8,10H,6,9H2,1H3. The molecular weight excluding hydrogens is 240 g/mol. The minimum atomic E-state index is 0.285. The average Bonchev–Trinajstić information content (AvgIpc) is 2.80. The number of carbonyl (C=O) groups excluding carboxylic acids is 1. The van der Waals surface area contributed by atoms with Crippen LogP contribution < -0.4 is 0 Å². The van der Waals surface area contributed by atoms with Gasteiger partial charge >= 0.3 is 0 Å². The molecule has 1 aliphatic carbocycles. The van der Waals surface area contributed by atoms with Crippen molar-refractivity contribution in [2.45, 2.75) is 17.7 Å². The van der Waals surface area contributed by atoms with Gasteiger partial charge in [-0.25, -0.2) is 0 Å². The molecule has 0 bridgehead atoms. The molecule has 0 heterocycles. The summed E-state index contributed by atoms with van der Waals surface area (Å²) in [7, 11) is 0. The number of Topliss-reactive ketones (excluding diaryl/α,β-unsaturated/α-hetero) is 1. The van der Waals surface area contributed by atoms with Crippen molar-refractivity contribution in [1.82, 2.24) is 0 Å². The number of rotatable bonds is 2. The van der Waals surface area contributed by atoms with Crippen LogP contribution in [0, 0.1) is 0 Å². The zero-order chi connectivity index (χ0) is 12.5. The first-order chi connectivity index (χ1) is 8.78. The van der Waals surface area contributed by atoms with Crippen LogP contribution in [0.4, 0.5) is 0 Å². The Balaban J connectivity index is 2.01. The number of aryl methyl sites for hydroxylation is 1. The Labute approximate surface area is 111 Å². The predicted molar refractivity (Wildman–Crippen MR) is 76.3 cm³/mol. The summed E-state index contributed by atoms with van der Waals surface area (Å²) in [5.74, 6) is 0.285. The van der Waals surface area contributed by atoms with Gasteiger partial charge in [0.25, 0.3) is 0 Å². The van der Waals surface area contributed by atoms with Gasteiger partial charge in [0.15, 0.2) is 5.78 Å². The second kappa shape index (κ2) is 4.62. The van der Waals surface area contributed by atoms with Gasteiger partial charge < -0.3 is 0 Å². The molecule has 3 rings (SSSR count). The van der Waals surface area contributed by atoms with Gasteiger partial charge in [0.2, 0.25) is 0 Å². The minimum absolute atomic E-state index is 0.285. The van der Waals surface area contributed by atoms with E-state index in [9.17, 15) is 4.79 Å². The third-order valence-electron chi connectivity index (χ3n) is 3.46. The van der Waals surface area contributed by atoms with Gasteiger partial charge in [-0.1, -0.05) is 24.3 Å². The first-order valence-electron chi connectivity index (χ1n) is 6.08. The zero-order valence-electron chi connectivity index (χ0n) is 10.3. The average molecular weight is 254 g/mol. The third kappa shape index (κ3) is 1.97. The zero-order valence-corrected chi connectivity index (χ0v) is 11.1. The number of fused-ring (bicyclic) bond motifs is 1. The molecule has 90 valence electrons. The fraction of sp³-hybridized carbons (Fsp3) is 0.188. The number of ketones is 1. The van der Waals surface area contributed by atoms with E-state index in [-0.39, 0.29) is 5.78 Å². The SMILES string of the molecule is CSc1ccc(-c2ccc3c(c2)C(=O)CC3)cc1. The fourth-order valence-corrected chi connectivity index (χ4v) is 2.81. The molecule has 0 saturated carbocycles. The van der Waals surface area contributed by atoms with Gasteiger partial charge in [-0.3, -0.25) is 4.79 Å². The van der Waals surface area contributed by atoms with Gasteiger partial charge in [-0.2, -0.15) is 0 Å². The molecule has 0 aliphatic heterocycles. The summed E-state index contributed by atoms with van der Waals surface area (Å²) in [6, 6.07) is 14.7. The van der Waals surface area contributed by atoms with Crippen LogP contribution in [-0.4, -0.2) is 12.0 Å². The van der Waals surface area contributed by atoms with Crippen molar-refractivity contribution in [3.8, 4) is 11.1 Å². The van der Waals surface area contributed by atoms with Crippen molar-refractivity contribution in [1.29, 1.82) is 0 Å². The molecule has 0 fully saturated rings. The Morgan fingerprint density at radius 3 is 2.39 bits per heavy atom. The summed E-state index contributed by atoms with van der Waals surface area (Å²) in [6.45, 7) is 0. The molecule has 0 saturated heterocycles. The predicted octanol–water partition coefficient (Wildman–Crippen LogP) is 4.20. The Bertz CT molecular complexity index is 599. The topological polar surface area (TPSA) is 17.1 Å². The lowest BCUT2D eigenvalue weighted by atomic mass is 10.0. The number of thioether (sulfide) groups is 1. The summed E-state index contributed by atoms with van der Waals surface area (Å²) in [4.78, 5) is 13.0. The van der Waals surface area contributed by atoms with Crippen molar-refractivity contribution in [2.24, 2.45) is 0 Å². The summed E-state index contributed by atoms with van der Waals surface area (Å²) in [6.07, 6.45) is 3.65. The molecule has 2 aromatic carbocycles. The fourth-order valence-electron chi connectivity index (χ4n) is 2.40. The van der Waals surface area contributed by atoms with Crippen LogP contribution in [0.1, 0.15) is 22.3 Å². The molecule has 0 aromatic heterocycles. The normalized spacial score (nSPS) is 13.7. The van der Waals surface area contributed by atoms with E-state index in [1.165, 1.54) is 16.0 Å². The number of benzene rings is 2. The Kier molecular flexibility index (Phi) is 2.96. The summed E-state index contributed by atoms with van der Waals surface area (Å²) in [5.41, 5.74) is 4.43. The van der Waals surface area contributed by atoms with Crippen molar-refractivity contribution in [3.05, 3.63) is 53.6 Å². The van der Waals surface area contributed by atoms with Gasteiger partial charge in [-0.05, 0) is 47.6 Å². The highest BCUT2D eigenvalue weighted by Crippen LogP contribution is 2.29. The molecule has 18 heavy (non-hydrogen) atoms. The molecule has 1 nitrogen and oxygen atoms in total. The molecule has 0 unspecified atom stereocenters. The summed E-state index contributed by atoms with van der Waals surface area (Å²) < 4.78 is 0. The smallest absolute Gasteiger partial charge is 0.163 e. The monoisotopic (exact) mass is 254 g/mol. The highest BCUT2D eigenvalue weighted by molar-refractivity contribution is 7.98. The van der Waals surface area contributed by atoms with E-state index in [1.807, 2.05) is 6.07 Å². The van der Waals surface area contributed by atoms with E-state index in [2.05, 4.69) is 42.7 Å². The molecular formula is C16H14OS. The number of carbonyl (C=O) groups is 1. The lowest BCUT2D eigenvalue weighted by molar-refractivity contribution is 0.0994. The highest BCUT2D eigenvalue weighted by Gasteiger charge is 2.19. The van der Waals surface area contributed by atoms with Crippen LogP contribution in [0.2, 0.25) is 0 Å². The largest absolute Gasteiger partial charge is 0.294 e. The lowest BCUT2D eigenvalue weighted by Gasteiger charge is -2.05. The lowest BCUT2D eigenvalue weighted by Crippen LogP contribution is -1.91. The molecule has 0 atom stereocenters. The maximum Gasteiger partial charge on any atom is 0.163 e. The highest BCUT2D eigenvalue weighted by atomic mass is 32.2. The van der Waals surface area contributed by atoms with Crippen LogP contribution >= 0.6 is 11.8 Å². The van der Waals surface area contributed by atoms with Crippen molar-refractivity contribution < 1.29 is 4.79 Å². The Morgan fingerprint density at radius 1 is 0.944 bits per heavy atom. The third-order valence-corrected chi connectivity index (χ3v) is 4.20. The van der Waals surface area contributed by atoms with Crippen molar-refractivity contribution >= 4 is 17.5 Å². The van der Waals surface area contributed by atoms with Crippen LogP contribution in [0.15, 0.2) is 47.4 Å². The van der Waals surface area contributed by atoms with E-state index >= 15 is 0 Å². The van der Waals surface area contributed by atoms with Gasteiger partial charge in [-0.15, -0.1) is 11.8 Å². The van der Waals surface area contributed by atoms with Crippen LogP contribution in [0.5, 0.6) is 0 Å². The van der Waals surface area contributed by atoms with E-state index in [0.29, 0.717) is 6.42 Å². The summed E-state index contributed by atoms with van der Waals surface area (Å²) in [5, 5.41) is 0. The van der Waals surface area contributed by atoms with Crippen LogP contribution in [-0.2, 0) is 6.42 Å². The number of hydrogen-bond acceptors (Lipinski definition) is 2. The summed E-state index contributed by atoms with van der Waals surface area (Å²) >= 11 is 1.74. The van der Waals surface area contributed by atoms with Gasteiger partial charge in [0.05, 0.1) is 0 Å². The molecule has 0 spiro atoms. The number of hydrogen-bond donors (Lipinski definition) is 0. The Morgan fingerprint density at radius 2 is 1.67 bits per heavy atom. The Hall–Kier alpha value is -1.54. The molecule has 2 aromatic rings. The van der Waals surface area contributed by atoms with Gasteiger partial charge in [0, 0.05) is 16.9 Å². The van der Waals surface area contributed by atoms with Crippen LogP contribution in [0.3, 0.4) is 0 Å². The van der Waals surface area contributed by atoms with E-state index in [0.717, 1.165) is 17.5 Å². The molecule has 1 aliphatic rings. The van der Waals surface area contributed by atoms with Gasteiger partial charge in [0.1, 0.15) is 0 Å². The van der Waals surface area contributed by atoms with Crippen molar-refractivity contribution in [3.63, 3.8) is 0 Å². The second-order valence-electron chi connectivity index (χ2n) is 4.52. The minimum Gasteiger partial charge on any atom is -0.294 e.